The Morgan fingerprint density at radius 3 is 2.57 bits per heavy atom. The summed E-state index contributed by atoms with van der Waals surface area (Å²) in [5.74, 6) is 1.28. The number of carbonyl (C=O) groups is 1. The van der Waals surface area contributed by atoms with E-state index in [9.17, 15) is 4.79 Å². The topological polar surface area (TPSA) is 17.1 Å². The van der Waals surface area contributed by atoms with Gasteiger partial charge in [0, 0.05) is 11.3 Å². The Morgan fingerprint density at radius 1 is 1.36 bits per heavy atom. The Hall–Kier alpha value is -0.590. The molecule has 0 radical (unpaired) electrons. The molecule has 2 aliphatic carbocycles. The van der Waals surface area contributed by atoms with Crippen LogP contribution < -0.4 is 0 Å². The first-order valence-electron chi connectivity index (χ1n) is 5.81. The summed E-state index contributed by atoms with van der Waals surface area (Å²) >= 11 is 0. The molecule has 1 spiro atoms. The quantitative estimate of drug-likeness (QED) is 0.575. The molecule has 0 unspecified atom stereocenters. The van der Waals surface area contributed by atoms with Crippen molar-refractivity contribution in [1.29, 1.82) is 0 Å². The predicted octanol–water partition coefficient (Wildman–Crippen LogP) is 3.35. The van der Waals surface area contributed by atoms with Crippen LogP contribution in [0.4, 0.5) is 0 Å². The number of carbonyl (C=O) groups excluding carboxylic acids is 1. The number of hydrogen-bond donors (Lipinski definition) is 0. The highest BCUT2D eigenvalue weighted by atomic mass is 16.1. The largest absolute Gasteiger partial charge is 0.295 e. The average Bonchev–Trinajstić information content (AvgIpc) is 2.36. The fourth-order valence-corrected chi connectivity index (χ4v) is 3.67. The van der Waals surface area contributed by atoms with E-state index in [0.717, 1.165) is 0 Å². The fraction of sp³-hybridized carbons (Fsp3) is 0.769. The summed E-state index contributed by atoms with van der Waals surface area (Å²) < 4.78 is 0. The molecule has 0 aromatic carbocycles. The third-order valence-corrected chi connectivity index (χ3v) is 4.65. The van der Waals surface area contributed by atoms with Crippen LogP contribution in [0.1, 0.15) is 46.5 Å². The Bertz CT molecular complexity index is 290. The Balaban J connectivity index is 2.38. The molecule has 2 aliphatic rings. The predicted molar refractivity (Wildman–Crippen MR) is 58.0 cm³/mol. The number of rotatable bonds is 0. The molecule has 3 atom stereocenters. The summed E-state index contributed by atoms with van der Waals surface area (Å²) in [6.07, 6.45) is 7.06. The minimum atomic E-state index is 0.231. The molecule has 78 valence electrons. The normalized spacial score (nSPS) is 43.1. The van der Waals surface area contributed by atoms with Crippen LogP contribution in [0.5, 0.6) is 0 Å². The van der Waals surface area contributed by atoms with Gasteiger partial charge in [-0.2, -0.15) is 0 Å². The molecule has 14 heavy (non-hydrogen) atoms. The third-order valence-electron chi connectivity index (χ3n) is 4.65. The van der Waals surface area contributed by atoms with Gasteiger partial charge in [-0.1, -0.05) is 32.3 Å². The van der Waals surface area contributed by atoms with Crippen molar-refractivity contribution in [2.75, 3.05) is 0 Å². The summed E-state index contributed by atoms with van der Waals surface area (Å²) in [6, 6.07) is 0. The van der Waals surface area contributed by atoms with E-state index in [1.54, 1.807) is 0 Å². The van der Waals surface area contributed by atoms with E-state index in [1.807, 2.05) is 6.08 Å². The summed E-state index contributed by atoms with van der Waals surface area (Å²) in [7, 11) is 0. The molecule has 2 rings (SSSR count). The fourth-order valence-electron chi connectivity index (χ4n) is 3.67. The SMILES string of the molecule is CC1=CC(=O)[C@@H](C)[C@@]12CCCC[C@@H]2C. The first kappa shape index (κ1) is 9.95. The second-order valence-corrected chi connectivity index (χ2v) is 5.14. The Kier molecular flexibility index (Phi) is 2.29. The molecular formula is C13H20O. The summed E-state index contributed by atoms with van der Waals surface area (Å²) in [5.41, 5.74) is 1.58. The van der Waals surface area contributed by atoms with Crippen molar-refractivity contribution >= 4 is 5.78 Å². The van der Waals surface area contributed by atoms with Gasteiger partial charge in [0.2, 0.25) is 0 Å². The van der Waals surface area contributed by atoms with Crippen LogP contribution in [0, 0.1) is 17.3 Å². The number of ketones is 1. The van der Waals surface area contributed by atoms with Crippen LogP contribution in [0.2, 0.25) is 0 Å². The Morgan fingerprint density at radius 2 is 2.07 bits per heavy atom. The lowest BCUT2D eigenvalue weighted by atomic mass is 9.59. The van der Waals surface area contributed by atoms with E-state index in [0.29, 0.717) is 11.7 Å². The minimum Gasteiger partial charge on any atom is -0.295 e. The third kappa shape index (κ3) is 1.11. The summed E-state index contributed by atoms with van der Waals surface area (Å²) in [4.78, 5) is 11.7. The van der Waals surface area contributed by atoms with Crippen LogP contribution in [-0.4, -0.2) is 5.78 Å². The first-order valence-corrected chi connectivity index (χ1v) is 5.81. The Labute approximate surface area is 86.6 Å². The zero-order valence-electron chi connectivity index (χ0n) is 9.47. The number of allylic oxidation sites excluding steroid dienone is 2. The highest BCUT2D eigenvalue weighted by Crippen LogP contribution is 2.54. The zero-order valence-corrected chi connectivity index (χ0v) is 9.47. The van der Waals surface area contributed by atoms with Crippen LogP contribution >= 0.6 is 0 Å². The molecule has 0 saturated heterocycles. The van der Waals surface area contributed by atoms with Gasteiger partial charge in [-0.05, 0) is 31.8 Å². The first-order chi connectivity index (χ1) is 6.59. The lowest BCUT2D eigenvalue weighted by Gasteiger charge is -2.44. The second kappa shape index (κ2) is 3.22. The van der Waals surface area contributed by atoms with Gasteiger partial charge < -0.3 is 0 Å². The maximum Gasteiger partial charge on any atom is 0.159 e. The smallest absolute Gasteiger partial charge is 0.159 e. The van der Waals surface area contributed by atoms with Gasteiger partial charge >= 0.3 is 0 Å². The molecule has 0 bridgehead atoms. The molecule has 0 aromatic rings. The summed E-state index contributed by atoms with van der Waals surface area (Å²) in [6.45, 7) is 6.60. The van der Waals surface area contributed by atoms with Crippen molar-refractivity contribution in [3.8, 4) is 0 Å². The second-order valence-electron chi connectivity index (χ2n) is 5.14. The maximum absolute atomic E-state index is 11.7. The van der Waals surface area contributed by atoms with Crippen molar-refractivity contribution in [2.45, 2.75) is 46.5 Å². The van der Waals surface area contributed by atoms with Gasteiger partial charge in [0.05, 0.1) is 0 Å². The van der Waals surface area contributed by atoms with Crippen molar-refractivity contribution in [3.05, 3.63) is 11.6 Å². The highest BCUT2D eigenvalue weighted by molar-refractivity contribution is 5.96. The van der Waals surface area contributed by atoms with Crippen molar-refractivity contribution < 1.29 is 4.79 Å². The molecule has 0 aliphatic heterocycles. The van der Waals surface area contributed by atoms with Crippen molar-refractivity contribution in [1.82, 2.24) is 0 Å². The van der Waals surface area contributed by atoms with Gasteiger partial charge in [-0.25, -0.2) is 0 Å². The lowest BCUT2D eigenvalue weighted by molar-refractivity contribution is -0.120. The zero-order chi connectivity index (χ0) is 10.3. The van der Waals surface area contributed by atoms with Crippen molar-refractivity contribution in [3.63, 3.8) is 0 Å². The molecule has 1 nitrogen and oxygen atoms in total. The molecule has 1 fully saturated rings. The van der Waals surface area contributed by atoms with E-state index in [2.05, 4.69) is 20.8 Å². The van der Waals surface area contributed by atoms with Gasteiger partial charge in [0.15, 0.2) is 5.78 Å². The van der Waals surface area contributed by atoms with Crippen LogP contribution in [0.3, 0.4) is 0 Å². The molecule has 0 amide bonds. The molecular weight excluding hydrogens is 172 g/mol. The van der Waals surface area contributed by atoms with Crippen molar-refractivity contribution in [2.24, 2.45) is 17.3 Å². The van der Waals surface area contributed by atoms with Crippen LogP contribution in [-0.2, 0) is 4.79 Å². The van der Waals surface area contributed by atoms with E-state index >= 15 is 0 Å². The molecule has 1 saturated carbocycles. The number of hydrogen-bond acceptors (Lipinski definition) is 1. The van der Waals surface area contributed by atoms with Gasteiger partial charge in [-0.3, -0.25) is 4.79 Å². The van der Waals surface area contributed by atoms with Crippen LogP contribution in [0.25, 0.3) is 0 Å². The average molecular weight is 192 g/mol. The van der Waals surface area contributed by atoms with Gasteiger partial charge in [0.25, 0.3) is 0 Å². The lowest BCUT2D eigenvalue weighted by Crippen LogP contribution is -2.38. The molecule has 0 N–H and O–H groups in total. The highest BCUT2D eigenvalue weighted by Gasteiger charge is 2.49. The molecule has 0 heterocycles. The summed E-state index contributed by atoms with van der Waals surface area (Å²) in [5, 5.41) is 0. The van der Waals surface area contributed by atoms with E-state index in [1.165, 1.54) is 31.3 Å². The standard InChI is InChI=1S/C13H20O/c1-9-6-4-5-7-13(9)10(2)8-12(14)11(13)3/h8-9,11H,4-7H2,1-3H3/t9-,11+,13+/m0/s1. The van der Waals surface area contributed by atoms with E-state index in [4.69, 9.17) is 0 Å². The molecule has 1 heteroatoms. The van der Waals surface area contributed by atoms with E-state index in [-0.39, 0.29) is 11.3 Å². The monoisotopic (exact) mass is 192 g/mol. The minimum absolute atomic E-state index is 0.231. The van der Waals surface area contributed by atoms with E-state index < -0.39 is 0 Å². The van der Waals surface area contributed by atoms with Crippen LogP contribution in [0.15, 0.2) is 11.6 Å². The molecule has 0 aromatic heterocycles. The van der Waals surface area contributed by atoms with Gasteiger partial charge in [0.1, 0.15) is 0 Å². The van der Waals surface area contributed by atoms with Gasteiger partial charge in [-0.15, -0.1) is 0 Å². The maximum atomic E-state index is 11.7.